The number of fused-ring (bicyclic) bond motifs is 5. The number of carbonyl (C=O) groups is 1. The molecule has 0 aromatic carbocycles. The number of hydrogen-bond donors (Lipinski definition) is 1. The van der Waals surface area contributed by atoms with Crippen LogP contribution >= 0.6 is 0 Å². The zero-order valence-electron chi connectivity index (χ0n) is 36.1. The fourth-order valence-electron chi connectivity index (χ4n) is 14.6. The van der Waals surface area contributed by atoms with Gasteiger partial charge in [-0.25, -0.2) is 0 Å². The molecule has 0 saturated heterocycles. The molecule has 0 heterocycles. The number of carbonyl (C=O) groups excluding carboxylic acids is 1. The number of unbranched alkanes of at least 4 members (excludes halogenated alkanes) is 13. The molecule has 4 saturated carbocycles. The first-order chi connectivity index (χ1) is 24.1. The Labute approximate surface area is 318 Å². The number of aliphatic hydroxyl groups is 1. The Morgan fingerprint density at radius 3 is 1.84 bits per heavy atom. The average Bonchev–Trinajstić information content (AvgIpc) is 3.37. The van der Waals surface area contributed by atoms with Gasteiger partial charge in [-0.2, -0.15) is 0 Å². The molecule has 1 N–H and O–H groups in total. The summed E-state index contributed by atoms with van der Waals surface area (Å²) in [5, 5.41) is 12.5. The van der Waals surface area contributed by atoms with Crippen molar-refractivity contribution in [3.63, 3.8) is 0 Å². The van der Waals surface area contributed by atoms with Crippen LogP contribution in [0.4, 0.5) is 0 Å². The van der Waals surface area contributed by atoms with Crippen LogP contribution in [0.15, 0.2) is 12.2 Å². The maximum atomic E-state index is 13.1. The molecule has 2 nitrogen and oxygen atoms in total. The van der Waals surface area contributed by atoms with Crippen molar-refractivity contribution in [3.8, 4) is 0 Å². The minimum atomic E-state index is -0.275. The van der Waals surface area contributed by atoms with Crippen LogP contribution in [0, 0.1) is 56.2 Å². The molecule has 0 unspecified atom stereocenters. The summed E-state index contributed by atoms with van der Waals surface area (Å²) in [5.74, 6) is 2.89. The van der Waals surface area contributed by atoms with Crippen molar-refractivity contribution in [1.82, 2.24) is 0 Å². The highest BCUT2D eigenvalue weighted by molar-refractivity contribution is 5.78. The van der Waals surface area contributed by atoms with E-state index in [4.69, 9.17) is 0 Å². The Morgan fingerprint density at radius 1 is 0.686 bits per heavy atom. The summed E-state index contributed by atoms with van der Waals surface area (Å²) in [6.07, 6.45) is 35.5. The third kappa shape index (κ3) is 8.04. The zero-order chi connectivity index (χ0) is 37.6. The van der Waals surface area contributed by atoms with E-state index in [2.05, 4.69) is 81.4 Å². The Hall–Kier alpha value is -0.630. The van der Waals surface area contributed by atoms with Crippen LogP contribution < -0.4 is 0 Å². The smallest absolute Gasteiger partial charge is 0.132 e. The van der Waals surface area contributed by atoms with Crippen LogP contribution in [0.25, 0.3) is 0 Å². The molecule has 0 amide bonds. The molecule has 4 aliphatic carbocycles. The lowest BCUT2D eigenvalue weighted by Crippen LogP contribution is -2.75. The highest BCUT2D eigenvalue weighted by atomic mass is 16.3. The lowest BCUT2D eigenvalue weighted by Gasteiger charge is -2.80. The number of aliphatic hydroxyl groups excluding tert-OH is 1. The molecule has 0 aliphatic heterocycles. The highest BCUT2D eigenvalue weighted by Gasteiger charge is 2.80. The van der Waals surface area contributed by atoms with Gasteiger partial charge in [-0.1, -0.05) is 152 Å². The monoisotopic (exact) mass is 709 g/mol. The average molecular weight is 709 g/mol. The first-order valence-electron chi connectivity index (χ1n) is 22.9. The SMILES string of the molecule is CCCCCCCC/C=C\CCCCCCCCCC(=O)CC[C@@H](C)[C@H]1CC[C@]2(C)[C@]1(C)[C@@H](O)C[C@]1(C)[C@@]3(C)CC[C@@H](C)C[C@@]3(C)C[C@@H](C)[C@@]21C. The van der Waals surface area contributed by atoms with Gasteiger partial charge < -0.3 is 5.11 Å². The second-order valence-electron chi connectivity index (χ2n) is 21.0. The van der Waals surface area contributed by atoms with Gasteiger partial charge in [0.2, 0.25) is 0 Å². The van der Waals surface area contributed by atoms with Crippen molar-refractivity contribution >= 4 is 5.78 Å². The normalized spacial score (nSPS) is 41.3. The second kappa shape index (κ2) is 17.9. The van der Waals surface area contributed by atoms with E-state index in [1.54, 1.807) is 0 Å². The summed E-state index contributed by atoms with van der Waals surface area (Å²) in [5.41, 5.74) is 0.868. The summed E-state index contributed by atoms with van der Waals surface area (Å²) in [6, 6.07) is 0. The standard InChI is InChI=1S/C49H88O2/c1-11-12-13-14-15-16-17-18-19-20-21-22-23-24-25-26-27-28-41(50)30-29-39(3)42-32-34-46(7)48(42,9)43(51)37-47(8)45(6)33-31-38(2)35-44(45,5)36-40(4)49(46,47)10/h18-19,38-40,42-43,51H,11-17,20-37H2,1-10H3/b19-18-/t38-,39-,40-,42-,43+,44+,45+,46-,47-,48+,49+/m1/s1. The molecule has 4 rings (SSSR count). The minimum Gasteiger partial charge on any atom is -0.393 e. The second-order valence-corrected chi connectivity index (χ2v) is 21.0. The molecule has 11 atom stereocenters. The van der Waals surface area contributed by atoms with Crippen LogP contribution in [-0.2, 0) is 4.79 Å². The third-order valence-corrected chi connectivity index (χ3v) is 18.5. The molecular formula is C49H88O2. The van der Waals surface area contributed by atoms with E-state index in [0.29, 0.717) is 29.0 Å². The van der Waals surface area contributed by atoms with E-state index in [9.17, 15) is 9.90 Å². The zero-order valence-corrected chi connectivity index (χ0v) is 36.1. The van der Waals surface area contributed by atoms with E-state index < -0.39 is 0 Å². The first-order valence-corrected chi connectivity index (χ1v) is 22.9. The topological polar surface area (TPSA) is 37.3 Å². The molecule has 0 aromatic rings. The van der Waals surface area contributed by atoms with Crippen molar-refractivity contribution in [3.05, 3.63) is 12.2 Å². The minimum absolute atomic E-state index is 0.0894. The van der Waals surface area contributed by atoms with E-state index in [1.165, 1.54) is 128 Å². The van der Waals surface area contributed by atoms with Gasteiger partial charge in [-0.15, -0.1) is 0 Å². The predicted molar refractivity (Wildman–Crippen MR) is 221 cm³/mol. The van der Waals surface area contributed by atoms with Gasteiger partial charge in [0, 0.05) is 18.3 Å². The van der Waals surface area contributed by atoms with Crippen molar-refractivity contribution < 1.29 is 9.90 Å². The molecule has 296 valence electrons. The van der Waals surface area contributed by atoms with Gasteiger partial charge in [0.1, 0.15) is 5.78 Å². The number of ketones is 1. The summed E-state index contributed by atoms with van der Waals surface area (Å²) in [6.45, 7) is 25.5. The Morgan fingerprint density at radius 2 is 1.24 bits per heavy atom. The van der Waals surface area contributed by atoms with E-state index >= 15 is 0 Å². The molecule has 4 aliphatic rings. The molecule has 2 heteroatoms. The summed E-state index contributed by atoms with van der Waals surface area (Å²) < 4.78 is 0. The van der Waals surface area contributed by atoms with Gasteiger partial charge in [-0.05, 0) is 128 Å². The Balaban J connectivity index is 1.19. The quantitative estimate of drug-likeness (QED) is 0.0952. The van der Waals surface area contributed by atoms with Gasteiger partial charge in [0.25, 0.3) is 0 Å². The molecule has 0 aromatic heterocycles. The van der Waals surface area contributed by atoms with Crippen molar-refractivity contribution in [1.29, 1.82) is 0 Å². The van der Waals surface area contributed by atoms with E-state index in [1.807, 2.05) is 0 Å². The largest absolute Gasteiger partial charge is 0.393 e. The molecular weight excluding hydrogens is 621 g/mol. The number of allylic oxidation sites excluding steroid dienone is 2. The van der Waals surface area contributed by atoms with E-state index in [0.717, 1.165) is 38.0 Å². The van der Waals surface area contributed by atoms with Crippen molar-refractivity contribution in [2.45, 2.75) is 236 Å². The molecule has 0 radical (unpaired) electrons. The number of rotatable bonds is 21. The van der Waals surface area contributed by atoms with Crippen LogP contribution in [0.1, 0.15) is 230 Å². The Bertz CT molecular complexity index is 1130. The van der Waals surface area contributed by atoms with Crippen LogP contribution in [0.3, 0.4) is 0 Å². The van der Waals surface area contributed by atoms with Gasteiger partial charge in [-0.3, -0.25) is 4.79 Å². The summed E-state index contributed by atoms with van der Waals surface area (Å²) in [7, 11) is 0. The molecule has 0 spiro atoms. The fraction of sp³-hybridized carbons (Fsp3) is 0.939. The van der Waals surface area contributed by atoms with Gasteiger partial charge >= 0.3 is 0 Å². The summed E-state index contributed by atoms with van der Waals surface area (Å²) >= 11 is 0. The molecule has 51 heavy (non-hydrogen) atoms. The molecule has 0 bridgehead atoms. The fourth-order valence-corrected chi connectivity index (χ4v) is 14.6. The lowest BCUT2D eigenvalue weighted by atomic mass is 9.25. The Kier molecular flexibility index (Phi) is 15.1. The van der Waals surface area contributed by atoms with Crippen LogP contribution in [-0.4, -0.2) is 17.0 Å². The van der Waals surface area contributed by atoms with Gasteiger partial charge in [0.05, 0.1) is 6.10 Å². The van der Waals surface area contributed by atoms with Crippen LogP contribution in [0.5, 0.6) is 0 Å². The van der Waals surface area contributed by atoms with Crippen LogP contribution in [0.2, 0.25) is 0 Å². The maximum Gasteiger partial charge on any atom is 0.132 e. The lowest BCUT2D eigenvalue weighted by molar-refractivity contribution is -0.331. The summed E-state index contributed by atoms with van der Waals surface area (Å²) in [4.78, 5) is 13.1. The van der Waals surface area contributed by atoms with Crippen molar-refractivity contribution in [2.75, 3.05) is 0 Å². The predicted octanol–water partition coefficient (Wildman–Crippen LogP) is 14.9. The molecule has 4 fully saturated rings. The number of Topliss-reactive ketones (excluding diaryl/α,β-unsaturated/α-hetero) is 1. The number of hydrogen-bond acceptors (Lipinski definition) is 2. The first kappa shape index (κ1) is 43.1. The maximum absolute atomic E-state index is 13.1. The van der Waals surface area contributed by atoms with Crippen molar-refractivity contribution in [2.24, 2.45) is 56.2 Å². The third-order valence-electron chi connectivity index (χ3n) is 18.5. The van der Waals surface area contributed by atoms with E-state index in [-0.39, 0.29) is 33.2 Å². The highest BCUT2D eigenvalue weighted by Crippen LogP contribution is 2.85. The van der Waals surface area contributed by atoms with Gasteiger partial charge in [0.15, 0.2) is 0 Å².